The molecule has 0 amide bonds. The number of ketones is 1. The molecule has 0 N–H and O–H groups in total. The fraction of sp³-hybridized carbons (Fsp3) is 0.875. The summed E-state index contributed by atoms with van der Waals surface area (Å²) in [5.41, 5.74) is 1.28. The van der Waals surface area contributed by atoms with Crippen molar-refractivity contribution in [3.8, 4) is 0 Å². The number of hydrogen-bond acceptors (Lipinski definition) is 2. The van der Waals surface area contributed by atoms with Gasteiger partial charge in [-0.1, -0.05) is 39.2 Å². The molecule has 0 aromatic carbocycles. The van der Waals surface area contributed by atoms with Crippen LogP contribution in [0.1, 0.15) is 91.9 Å². The van der Waals surface area contributed by atoms with Crippen molar-refractivity contribution in [2.75, 3.05) is 6.61 Å². The Bertz CT molecular complexity index is 607. The summed E-state index contributed by atoms with van der Waals surface area (Å²) >= 11 is 0. The van der Waals surface area contributed by atoms with E-state index in [1.54, 1.807) is 5.57 Å². The normalized spacial score (nSPS) is 47.8. The summed E-state index contributed by atoms with van der Waals surface area (Å²) in [7, 11) is 0. The van der Waals surface area contributed by atoms with Gasteiger partial charge in [0.2, 0.25) is 0 Å². The first kappa shape index (κ1) is 18.7. The van der Waals surface area contributed by atoms with Crippen LogP contribution in [-0.2, 0) is 9.53 Å². The summed E-state index contributed by atoms with van der Waals surface area (Å²) in [6.07, 6.45) is 14.4. The molecule has 6 unspecified atom stereocenters. The molecular formula is C24H38O2. The molecule has 4 aliphatic rings. The molecule has 0 aromatic heterocycles. The molecule has 0 saturated heterocycles. The van der Waals surface area contributed by atoms with Gasteiger partial charge in [-0.25, -0.2) is 0 Å². The highest BCUT2D eigenvalue weighted by Crippen LogP contribution is 2.66. The lowest BCUT2D eigenvalue weighted by Crippen LogP contribution is -2.57. The van der Waals surface area contributed by atoms with Crippen LogP contribution < -0.4 is 0 Å². The Labute approximate surface area is 160 Å². The first-order valence-corrected chi connectivity index (χ1v) is 11.3. The first-order valence-electron chi connectivity index (χ1n) is 11.3. The van der Waals surface area contributed by atoms with Gasteiger partial charge in [-0.15, -0.1) is 0 Å². The third-order valence-corrected chi connectivity index (χ3v) is 9.19. The summed E-state index contributed by atoms with van der Waals surface area (Å²) in [4.78, 5) is 13.7. The Morgan fingerprint density at radius 1 is 1.08 bits per heavy atom. The zero-order valence-corrected chi connectivity index (χ0v) is 17.4. The molecule has 3 saturated carbocycles. The fourth-order valence-corrected chi connectivity index (χ4v) is 7.79. The summed E-state index contributed by atoms with van der Waals surface area (Å²) in [5.74, 6) is 2.34. The second-order valence-electron chi connectivity index (χ2n) is 10.1. The van der Waals surface area contributed by atoms with Gasteiger partial charge >= 0.3 is 0 Å². The van der Waals surface area contributed by atoms with E-state index in [9.17, 15) is 4.79 Å². The van der Waals surface area contributed by atoms with Gasteiger partial charge < -0.3 is 4.74 Å². The van der Waals surface area contributed by atoms with Crippen LogP contribution in [0.5, 0.6) is 0 Å². The van der Waals surface area contributed by atoms with Gasteiger partial charge in [0.1, 0.15) is 0 Å². The molecule has 0 radical (unpaired) electrons. The van der Waals surface area contributed by atoms with Crippen LogP contribution in [0.3, 0.4) is 0 Å². The van der Waals surface area contributed by atoms with E-state index in [4.69, 9.17) is 4.74 Å². The van der Waals surface area contributed by atoms with Crippen molar-refractivity contribution in [2.45, 2.75) is 97.5 Å². The lowest BCUT2D eigenvalue weighted by atomic mass is 9.47. The average molecular weight is 359 g/mol. The number of fused-ring (bicyclic) bond motifs is 5. The minimum atomic E-state index is -0.284. The molecule has 3 fully saturated rings. The van der Waals surface area contributed by atoms with Gasteiger partial charge in [-0.3, -0.25) is 4.79 Å². The Kier molecular flexibility index (Phi) is 4.66. The monoisotopic (exact) mass is 358 g/mol. The number of ether oxygens (including phenoxy) is 1. The van der Waals surface area contributed by atoms with Crippen molar-refractivity contribution < 1.29 is 9.53 Å². The number of carbonyl (C=O) groups is 1. The maximum atomic E-state index is 13.7. The minimum absolute atomic E-state index is 0.272. The molecule has 4 rings (SSSR count). The van der Waals surface area contributed by atoms with Gasteiger partial charge in [0.25, 0.3) is 0 Å². The molecule has 0 bridgehead atoms. The molecular weight excluding hydrogens is 320 g/mol. The van der Waals surface area contributed by atoms with Gasteiger partial charge in [-0.05, 0) is 87.5 Å². The quantitative estimate of drug-likeness (QED) is 0.607. The lowest BCUT2D eigenvalue weighted by Gasteiger charge is -2.57. The molecule has 0 spiro atoms. The molecule has 0 aromatic rings. The van der Waals surface area contributed by atoms with Crippen LogP contribution >= 0.6 is 0 Å². The number of hydrogen-bond donors (Lipinski definition) is 0. The highest BCUT2D eigenvalue weighted by Gasteiger charge is 2.66. The number of rotatable bonds is 4. The van der Waals surface area contributed by atoms with E-state index in [-0.39, 0.29) is 11.0 Å². The maximum Gasteiger partial charge on any atom is 0.164 e. The molecule has 26 heavy (non-hydrogen) atoms. The van der Waals surface area contributed by atoms with Gasteiger partial charge in [0, 0.05) is 6.61 Å². The van der Waals surface area contributed by atoms with E-state index in [1.807, 2.05) is 0 Å². The van der Waals surface area contributed by atoms with E-state index in [2.05, 4.69) is 33.8 Å². The van der Waals surface area contributed by atoms with Crippen LogP contribution in [0, 0.1) is 28.6 Å². The second kappa shape index (κ2) is 6.47. The first-order chi connectivity index (χ1) is 12.4. The molecule has 2 heteroatoms. The molecule has 0 heterocycles. The number of allylic oxidation sites excluding steroid dienone is 2. The predicted molar refractivity (Wildman–Crippen MR) is 106 cm³/mol. The number of carbonyl (C=O) groups excluding carboxylic acids is 1. The summed E-state index contributed by atoms with van der Waals surface area (Å²) in [6, 6.07) is 0. The van der Waals surface area contributed by atoms with Crippen LogP contribution in [0.2, 0.25) is 0 Å². The maximum absolute atomic E-state index is 13.7. The summed E-state index contributed by atoms with van der Waals surface area (Å²) < 4.78 is 6.44. The van der Waals surface area contributed by atoms with Crippen LogP contribution in [0.15, 0.2) is 11.6 Å². The van der Waals surface area contributed by atoms with E-state index >= 15 is 0 Å². The van der Waals surface area contributed by atoms with Crippen LogP contribution in [-0.4, -0.2) is 18.0 Å². The van der Waals surface area contributed by atoms with Crippen molar-refractivity contribution in [3.63, 3.8) is 0 Å². The topological polar surface area (TPSA) is 26.3 Å². The Balaban J connectivity index is 1.76. The summed E-state index contributed by atoms with van der Waals surface area (Å²) in [6.45, 7) is 9.91. The SMILES string of the molecule is CCCOC1(C)CCC2C3CCC4CCCCC4(C)C3=CC(=O)C21CC. The van der Waals surface area contributed by atoms with E-state index in [0.717, 1.165) is 31.8 Å². The molecule has 0 aliphatic heterocycles. The average Bonchev–Trinajstić information content (AvgIpc) is 2.95. The Morgan fingerprint density at radius 3 is 2.62 bits per heavy atom. The highest BCUT2D eigenvalue weighted by atomic mass is 16.5. The zero-order valence-electron chi connectivity index (χ0n) is 17.4. The van der Waals surface area contributed by atoms with Gasteiger partial charge in [0.05, 0.1) is 11.0 Å². The molecule has 2 nitrogen and oxygen atoms in total. The van der Waals surface area contributed by atoms with E-state index in [0.29, 0.717) is 23.0 Å². The smallest absolute Gasteiger partial charge is 0.164 e. The van der Waals surface area contributed by atoms with Crippen molar-refractivity contribution in [1.82, 2.24) is 0 Å². The minimum Gasteiger partial charge on any atom is -0.374 e. The van der Waals surface area contributed by atoms with Crippen molar-refractivity contribution in [3.05, 3.63) is 11.6 Å². The molecule has 146 valence electrons. The highest BCUT2D eigenvalue weighted by molar-refractivity contribution is 5.98. The summed E-state index contributed by atoms with van der Waals surface area (Å²) in [5, 5.41) is 0. The zero-order chi connectivity index (χ0) is 18.6. The third kappa shape index (κ3) is 2.30. The van der Waals surface area contributed by atoms with Crippen LogP contribution in [0.25, 0.3) is 0 Å². The Hall–Kier alpha value is -0.630. The lowest BCUT2D eigenvalue weighted by molar-refractivity contribution is -0.159. The van der Waals surface area contributed by atoms with Crippen molar-refractivity contribution in [1.29, 1.82) is 0 Å². The largest absolute Gasteiger partial charge is 0.374 e. The fourth-order valence-electron chi connectivity index (χ4n) is 7.79. The van der Waals surface area contributed by atoms with Gasteiger partial charge in [0.15, 0.2) is 5.78 Å². The predicted octanol–water partition coefficient (Wildman–Crippen LogP) is 6.09. The Morgan fingerprint density at radius 2 is 1.88 bits per heavy atom. The van der Waals surface area contributed by atoms with E-state index in [1.165, 1.54) is 44.9 Å². The standard InChI is InChI=1S/C24H38O2/c1-5-15-26-23(4)14-12-19-18-11-10-17-9-7-8-13-22(17,3)20(18)16-21(25)24(19,23)6-2/h16-19H,5-15H2,1-4H3. The third-order valence-electron chi connectivity index (χ3n) is 9.19. The van der Waals surface area contributed by atoms with Gasteiger partial charge in [-0.2, -0.15) is 0 Å². The van der Waals surface area contributed by atoms with E-state index < -0.39 is 0 Å². The van der Waals surface area contributed by atoms with Crippen LogP contribution in [0.4, 0.5) is 0 Å². The molecule has 4 aliphatic carbocycles. The molecule has 6 atom stereocenters. The second-order valence-corrected chi connectivity index (χ2v) is 10.1. The van der Waals surface area contributed by atoms with Crippen molar-refractivity contribution >= 4 is 5.78 Å². The van der Waals surface area contributed by atoms with Crippen molar-refractivity contribution in [2.24, 2.45) is 28.6 Å².